The Morgan fingerprint density at radius 3 is 2.41 bits per heavy atom. The second-order valence-corrected chi connectivity index (χ2v) is 8.61. The van der Waals surface area contributed by atoms with E-state index in [0.717, 1.165) is 44.5 Å². The molecule has 0 aromatic carbocycles. The van der Waals surface area contributed by atoms with Crippen molar-refractivity contribution in [2.45, 2.75) is 60.3 Å². The Hall–Kier alpha value is -2.30. The number of aromatic nitrogens is 2. The van der Waals surface area contributed by atoms with Gasteiger partial charge >= 0.3 is 0 Å². The molecule has 0 unspecified atom stereocenters. The van der Waals surface area contributed by atoms with Crippen molar-refractivity contribution in [1.29, 1.82) is 0 Å². The summed E-state index contributed by atoms with van der Waals surface area (Å²) in [4.78, 5) is 15.6. The molecule has 1 fully saturated rings. The molecule has 1 aliphatic rings. The van der Waals surface area contributed by atoms with Crippen molar-refractivity contribution in [1.82, 2.24) is 9.97 Å². The Kier molecular flexibility index (Phi) is 8.74. The summed E-state index contributed by atoms with van der Waals surface area (Å²) in [6.07, 6.45) is 14.3. The number of allylic oxidation sites excluding steroid dienone is 5. The first-order valence-corrected chi connectivity index (χ1v) is 10.6. The third-order valence-electron chi connectivity index (χ3n) is 4.72. The fourth-order valence-corrected chi connectivity index (χ4v) is 3.33. The lowest BCUT2D eigenvalue weighted by atomic mass is 9.87. The van der Waals surface area contributed by atoms with Crippen LogP contribution in [0.4, 0.5) is 10.3 Å². The molecule has 4 nitrogen and oxygen atoms in total. The van der Waals surface area contributed by atoms with Crippen LogP contribution in [0.5, 0.6) is 0 Å². The lowest BCUT2D eigenvalue weighted by Crippen LogP contribution is -2.35. The monoisotopic (exact) mass is 398 g/mol. The number of piperidine rings is 1. The number of rotatable bonds is 7. The molecule has 1 saturated heterocycles. The van der Waals surface area contributed by atoms with Crippen LogP contribution in [0.15, 0.2) is 47.0 Å². The van der Waals surface area contributed by atoms with Gasteiger partial charge in [-0.3, -0.25) is 4.99 Å². The summed E-state index contributed by atoms with van der Waals surface area (Å²) in [5.74, 6) is 0.496. The van der Waals surface area contributed by atoms with Crippen LogP contribution in [0.2, 0.25) is 0 Å². The van der Waals surface area contributed by atoms with E-state index in [1.807, 2.05) is 25.2 Å². The molecule has 0 spiro atoms. The van der Waals surface area contributed by atoms with Gasteiger partial charge in [0, 0.05) is 56.1 Å². The van der Waals surface area contributed by atoms with E-state index in [-0.39, 0.29) is 11.2 Å². The molecule has 2 heterocycles. The van der Waals surface area contributed by atoms with E-state index in [0.29, 0.717) is 17.9 Å². The molecule has 2 rings (SSSR count). The SMILES string of the molecule is C/C=C\C/C=C(CC(C)(C)C)\C(F)=C\c1cnc(N2CCC(=NCC)CC2)nc1. The Morgan fingerprint density at radius 1 is 1.21 bits per heavy atom. The highest BCUT2D eigenvalue weighted by atomic mass is 19.1. The average Bonchev–Trinajstić information content (AvgIpc) is 2.68. The van der Waals surface area contributed by atoms with E-state index in [9.17, 15) is 4.39 Å². The summed E-state index contributed by atoms with van der Waals surface area (Å²) in [6, 6.07) is 0. The second-order valence-electron chi connectivity index (χ2n) is 8.61. The van der Waals surface area contributed by atoms with Crippen molar-refractivity contribution in [3.63, 3.8) is 0 Å². The first kappa shape index (κ1) is 23.0. The summed E-state index contributed by atoms with van der Waals surface area (Å²) in [5, 5.41) is 0. The highest BCUT2D eigenvalue weighted by Gasteiger charge is 2.18. The summed E-state index contributed by atoms with van der Waals surface area (Å²) in [6.45, 7) is 13.0. The maximum absolute atomic E-state index is 15.0. The summed E-state index contributed by atoms with van der Waals surface area (Å²) >= 11 is 0. The predicted molar refractivity (Wildman–Crippen MR) is 122 cm³/mol. The normalized spacial score (nSPS) is 16.6. The van der Waals surface area contributed by atoms with Gasteiger partial charge in [0.1, 0.15) is 5.83 Å². The molecule has 1 aromatic heterocycles. The minimum Gasteiger partial charge on any atom is -0.340 e. The minimum absolute atomic E-state index is 0.0154. The second kappa shape index (κ2) is 11.0. The lowest BCUT2D eigenvalue weighted by Gasteiger charge is -2.27. The first-order chi connectivity index (χ1) is 13.8. The van der Waals surface area contributed by atoms with Gasteiger partial charge in [-0.25, -0.2) is 14.4 Å². The Labute approximate surface area is 175 Å². The van der Waals surface area contributed by atoms with E-state index < -0.39 is 0 Å². The van der Waals surface area contributed by atoms with Crippen LogP contribution >= 0.6 is 0 Å². The fourth-order valence-electron chi connectivity index (χ4n) is 3.33. The maximum atomic E-state index is 15.0. The van der Waals surface area contributed by atoms with Gasteiger partial charge in [-0.1, -0.05) is 39.0 Å². The molecular formula is C24H35FN4. The van der Waals surface area contributed by atoms with Gasteiger partial charge < -0.3 is 4.90 Å². The number of hydrogen-bond acceptors (Lipinski definition) is 4. The van der Waals surface area contributed by atoms with Gasteiger partial charge in [-0.15, -0.1) is 0 Å². The molecule has 0 aliphatic carbocycles. The van der Waals surface area contributed by atoms with Crippen molar-refractivity contribution in [2.24, 2.45) is 10.4 Å². The van der Waals surface area contributed by atoms with Gasteiger partial charge in [0.2, 0.25) is 5.95 Å². The molecule has 0 N–H and O–H groups in total. The fraction of sp³-hybridized carbons (Fsp3) is 0.542. The molecule has 1 aliphatic heterocycles. The Morgan fingerprint density at radius 2 is 1.86 bits per heavy atom. The van der Waals surface area contributed by atoms with Crippen LogP contribution in [0.1, 0.15) is 65.9 Å². The van der Waals surface area contributed by atoms with Crippen molar-refractivity contribution in [2.75, 3.05) is 24.5 Å². The Balaban J connectivity index is 2.10. The molecule has 0 atom stereocenters. The van der Waals surface area contributed by atoms with E-state index in [4.69, 9.17) is 0 Å². The van der Waals surface area contributed by atoms with E-state index in [1.54, 1.807) is 18.5 Å². The lowest BCUT2D eigenvalue weighted by molar-refractivity contribution is 0.404. The molecule has 158 valence electrons. The number of halogens is 1. The number of nitrogens with zero attached hydrogens (tertiary/aromatic N) is 4. The van der Waals surface area contributed by atoms with Gasteiger partial charge in [0.05, 0.1) is 0 Å². The molecule has 0 radical (unpaired) electrons. The maximum Gasteiger partial charge on any atom is 0.225 e. The van der Waals surface area contributed by atoms with Crippen LogP contribution in [-0.4, -0.2) is 35.3 Å². The van der Waals surface area contributed by atoms with E-state index in [2.05, 4.69) is 47.6 Å². The summed E-state index contributed by atoms with van der Waals surface area (Å²) in [7, 11) is 0. The summed E-state index contributed by atoms with van der Waals surface area (Å²) < 4.78 is 15.0. The quantitative estimate of drug-likeness (QED) is 0.407. The predicted octanol–water partition coefficient (Wildman–Crippen LogP) is 6.18. The zero-order valence-electron chi connectivity index (χ0n) is 18.6. The van der Waals surface area contributed by atoms with Gasteiger partial charge in [0.15, 0.2) is 0 Å². The standard InChI is InChI=1S/C24H35FN4/c1-6-8-9-10-20(16-24(3,4)5)22(25)15-19-17-27-23(28-18-19)29-13-11-21(12-14-29)26-7-2/h6,8,10,15,17-18H,7,9,11-14,16H2,1-5H3/b8-6-,20-10-,22-15-. The molecule has 0 amide bonds. The largest absolute Gasteiger partial charge is 0.340 e. The molecular weight excluding hydrogens is 363 g/mol. The van der Waals surface area contributed by atoms with Crippen LogP contribution < -0.4 is 4.90 Å². The molecule has 1 aromatic rings. The van der Waals surface area contributed by atoms with E-state index >= 15 is 0 Å². The van der Waals surface area contributed by atoms with Crippen LogP contribution in [0.3, 0.4) is 0 Å². The topological polar surface area (TPSA) is 41.4 Å². The van der Waals surface area contributed by atoms with Gasteiger partial charge in [-0.2, -0.15) is 0 Å². The number of hydrogen-bond donors (Lipinski definition) is 0. The minimum atomic E-state index is -0.209. The Bertz CT molecular complexity index is 757. The van der Waals surface area contributed by atoms with Crippen molar-refractivity contribution >= 4 is 17.7 Å². The van der Waals surface area contributed by atoms with Crippen molar-refractivity contribution in [3.05, 3.63) is 47.6 Å². The van der Waals surface area contributed by atoms with Crippen molar-refractivity contribution in [3.8, 4) is 0 Å². The zero-order chi connectivity index (χ0) is 21.3. The van der Waals surface area contributed by atoms with Crippen LogP contribution in [0.25, 0.3) is 6.08 Å². The molecule has 0 saturated carbocycles. The average molecular weight is 399 g/mol. The van der Waals surface area contributed by atoms with Gasteiger partial charge in [-0.05, 0) is 43.8 Å². The first-order valence-electron chi connectivity index (χ1n) is 10.6. The van der Waals surface area contributed by atoms with E-state index in [1.165, 1.54) is 5.71 Å². The van der Waals surface area contributed by atoms with Crippen molar-refractivity contribution < 1.29 is 4.39 Å². The molecule has 5 heteroatoms. The highest BCUT2D eigenvalue weighted by molar-refractivity contribution is 5.86. The number of aliphatic imine (C=N–C) groups is 1. The summed E-state index contributed by atoms with van der Waals surface area (Å²) in [5.41, 5.74) is 2.71. The van der Waals surface area contributed by atoms with Gasteiger partial charge in [0.25, 0.3) is 0 Å². The zero-order valence-corrected chi connectivity index (χ0v) is 18.6. The smallest absolute Gasteiger partial charge is 0.225 e. The highest BCUT2D eigenvalue weighted by Crippen LogP contribution is 2.30. The van der Waals surface area contributed by atoms with Crippen LogP contribution in [0, 0.1) is 5.41 Å². The third-order valence-corrected chi connectivity index (χ3v) is 4.72. The third kappa shape index (κ3) is 7.92. The molecule has 0 bridgehead atoms. The molecule has 29 heavy (non-hydrogen) atoms. The number of anilines is 1. The van der Waals surface area contributed by atoms with Crippen LogP contribution in [-0.2, 0) is 0 Å².